The predicted molar refractivity (Wildman–Crippen MR) is 37.2 cm³/mol. The average Bonchev–Trinajstić information content (AvgIpc) is 2.00. The zero-order chi connectivity index (χ0) is 8.91. The van der Waals surface area contributed by atoms with E-state index < -0.39 is 18.1 Å². The van der Waals surface area contributed by atoms with Gasteiger partial charge >= 0.3 is 72.7 Å². The molecule has 0 aromatic rings. The quantitative estimate of drug-likeness (QED) is 0.624. The Balaban J connectivity index is 4.05. The van der Waals surface area contributed by atoms with Crippen LogP contribution < -0.4 is 0 Å². The van der Waals surface area contributed by atoms with E-state index in [1.54, 1.807) is 0 Å². The Morgan fingerprint density at radius 1 is 0.909 bits per heavy atom. The van der Waals surface area contributed by atoms with Gasteiger partial charge in [-0.25, -0.2) is 0 Å². The molecule has 0 spiro atoms. The van der Waals surface area contributed by atoms with Crippen molar-refractivity contribution in [1.29, 1.82) is 0 Å². The maximum absolute atomic E-state index is 5.41. The van der Waals surface area contributed by atoms with Crippen molar-refractivity contribution in [2.24, 2.45) is 0 Å². The van der Waals surface area contributed by atoms with Crippen molar-refractivity contribution >= 4 is 0 Å². The van der Waals surface area contributed by atoms with E-state index in [-0.39, 0.29) is 6.10 Å². The first-order valence-electron chi connectivity index (χ1n) is 3.43. The molecule has 0 aliphatic rings. The average molecular weight is 200 g/mol. The first kappa shape index (κ1) is 11.6. The van der Waals surface area contributed by atoms with Gasteiger partial charge in [0.25, 0.3) is 0 Å². The second-order valence-electron chi connectivity index (χ2n) is 2.28. The van der Waals surface area contributed by atoms with Crippen molar-refractivity contribution in [3.8, 4) is 0 Å². The molecular formula is C6H16O4Ti. The van der Waals surface area contributed by atoms with E-state index >= 15 is 0 Å². The fourth-order valence-electron chi connectivity index (χ4n) is 0.683. The van der Waals surface area contributed by atoms with Crippen molar-refractivity contribution in [1.82, 2.24) is 0 Å². The van der Waals surface area contributed by atoms with Gasteiger partial charge < -0.3 is 0 Å². The summed E-state index contributed by atoms with van der Waals surface area (Å²) in [5.74, 6) is 0. The maximum atomic E-state index is 5.41. The third-order valence-electron chi connectivity index (χ3n) is 1.13. The molecule has 4 nitrogen and oxygen atoms in total. The molecule has 0 unspecified atom stereocenters. The molecule has 0 bridgehead atoms. The van der Waals surface area contributed by atoms with Gasteiger partial charge in [-0.05, 0) is 0 Å². The first-order chi connectivity index (χ1) is 5.10. The van der Waals surface area contributed by atoms with Crippen LogP contribution in [0.3, 0.4) is 0 Å². The topological polar surface area (TPSA) is 36.9 Å². The summed E-state index contributed by atoms with van der Waals surface area (Å²) in [6.45, 7) is 3.83. The zero-order valence-corrected chi connectivity index (χ0v) is 9.27. The fourth-order valence-corrected chi connectivity index (χ4v) is 2.82. The molecule has 0 saturated heterocycles. The monoisotopic (exact) mass is 200 g/mol. The Bertz CT molecular complexity index is 94.5. The molecule has 0 atom stereocenters. The van der Waals surface area contributed by atoms with E-state index in [1.807, 2.05) is 13.8 Å². The van der Waals surface area contributed by atoms with Gasteiger partial charge in [-0.2, -0.15) is 0 Å². The Labute approximate surface area is 73.0 Å². The second kappa shape index (κ2) is 5.24. The summed E-state index contributed by atoms with van der Waals surface area (Å²) < 4.78 is 20.6. The van der Waals surface area contributed by atoms with E-state index in [2.05, 4.69) is 0 Å². The minimum absolute atomic E-state index is 0.0647. The molecule has 11 heavy (non-hydrogen) atoms. The second-order valence-corrected chi connectivity index (χ2v) is 6.12. The van der Waals surface area contributed by atoms with Crippen molar-refractivity contribution in [3.63, 3.8) is 0 Å². The number of hydrogen-bond donors (Lipinski definition) is 0. The summed E-state index contributed by atoms with van der Waals surface area (Å²) in [4.78, 5) is 0. The van der Waals surface area contributed by atoms with Gasteiger partial charge in [-0.3, -0.25) is 0 Å². The van der Waals surface area contributed by atoms with Crippen LogP contribution in [0, 0.1) is 0 Å². The van der Waals surface area contributed by atoms with Crippen LogP contribution >= 0.6 is 0 Å². The van der Waals surface area contributed by atoms with Crippen LogP contribution in [0.5, 0.6) is 0 Å². The van der Waals surface area contributed by atoms with Crippen molar-refractivity contribution < 1.29 is 31.4 Å². The van der Waals surface area contributed by atoms with Gasteiger partial charge in [0.1, 0.15) is 0 Å². The Kier molecular flexibility index (Phi) is 5.51. The van der Waals surface area contributed by atoms with Crippen molar-refractivity contribution in [2.45, 2.75) is 20.0 Å². The molecule has 0 rings (SSSR count). The van der Waals surface area contributed by atoms with Crippen molar-refractivity contribution in [2.75, 3.05) is 21.3 Å². The molecule has 0 fully saturated rings. The number of rotatable bonds is 5. The van der Waals surface area contributed by atoms with Crippen LogP contribution in [0.2, 0.25) is 0 Å². The molecule has 0 radical (unpaired) electrons. The van der Waals surface area contributed by atoms with Crippen LogP contribution in [0.4, 0.5) is 0 Å². The molecule has 0 heterocycles. The predicted octanol–water partition coefficient (Wildman–Crippen LogP) is 1.16. The standard InChI is InChI=1S/C3H7O.3CH3O.Ti/c1-3(2)4;3*1-2;/h3H,1-2H3;3*1H3;/q4*-1;+4. The molecule has 0 aliphatic heterocycles. The van der Waals surface area contributed by atoms with Crippen LogP contribution in [-0.4, -0.2) is 27.4 Å². The van der Waals surface area contributed by atoms with Crippen LogP contribution in [-0.2, 0) is 31.4 Å². The van der Waals surface area contributed by atoms with E-state index in [4.69, 9.17) is 13.3 Å². The molecule has 68 valence electrons. The molecule has 0 aromatic heterocycles. The minimum atomic E-state index is -3.28. The van der Waals surface area contributed by atoms with Gasteiger partial charge in [0, 0.05) is 0 Å². The zero-order valence-electron chi connectivity index (χ0n) is 7.71. The summed E-state index contributed by atoms with van der Waals surface area (Å²) in [5.41, 5.74) is 0. The number of hydrogen-bond acceptors (Lipinski definition) is 4. The van der Waals surface area contributed by atoms with E-state index in [9.17, 15) is 0 Å². The summed E-state index contributed by atoms with van der Waals surface area (Å²) in [7, 11) is 4.61. The molecule has 0 saturated carbocycles. The van der Waals surface area contributed by atoms with Gasteiger partial charge in [0.15, 0.2) is 0 Å². The molecule has 0 amide bonds. The molecule has 0 aliphatic carbocycles. The van der Waals surface area contributed by atoms with Gasteiger partial charge in [0.05, 0.1) is 0 Å². The van der Waals surface area contributed by atoms with Gasteiger partial charge in [-0.15, -0.1) is 0 Å². The summed E-state index contributed by atoms with van der Waals surface area (Å²) in [5, 5.41) is 0. The molecule has 0 aromatic carbocycles. The molecular weight excluding hydrogens is 184 g/mol. The van der Waals surface area contributed by atoms with Gasteiger partial charge in [0.2, 0.25) is 0 Å². The van der Waals surface area contributed by atoms with E-state index in [0.29, 0.717) is 0 Å². The Morgan fingerprint density at radius 3 is 1.36 bits per heavy atom. The summed E-state index contributed by atoms with van der Waals surface area (Å²) in [6, 6.07) is 0. The third-order valence-corrected chi connectivity index (χ3v) is 4.66. The van der Waals surface area contributed by atoms with Crippen LogP contribution in [0.1, 0.15) is 13.8 Å². The Hall–Kier alpha value is 0.554. The molecule has 0 N–H and O–H groups in total. The normalized spacial score (nSPS) is 12.5. The summed E-state index contributed by atoms with van der Waals surface area (Å²) >= 11 is -3.28. The summed E-state index contributed by atoms with van der Waals surface area (Å²) in [6.07, 6.45) is 0.0647. The SMILES string of the molecule is C[O][Ti]([O]C)([O]C)[O]C(C)C. The van der Waals surface area contributed by atoms with Gasteiger partial charge in [-0.1, -0.05) is 0 Å². The fraction of sp³-hybridized carbons (Fsp3) is 1.00. The van der Waals surface area contributed by atoms with E-state index in [1.165, 1.54) is 21.3 Å². The van der Waals surface area contributed by atoms with Crippen LogP contribution in [0.15, 0.2) is 0 Å². The third kappa shape index (κ3) is 3.65. The molecule has 5 heteroatoms. The van der Waals surface area contributed by atoms with E-state index in [0.717, 1.165) is 0 Å². The van der Waals surface area contributed by atoms with Crippen LogP contribution in [0.25, 0.3) is 0 Å². The van der Waals surface area contributed by atoms with Crippen molar-refractivity contribution in [3.05, 3.63) is 0 Å². The Morgan fingerprint density at radius 2 is 1.27 bits per heavy atom. The first-order valence-corrected chi connectivity index (χ1v) is 5.98.